The Balaban J connectivity index is 2.52. The van der Waals surface area contributed by atoms with E-state index in [1.807, 2.05) is 6.40 Å². The van der Waals surface area contributed by atoms with Crippen LogP contribution in [-0.2, 0) is 9.68 Å². The lowest BCUT2D eigenvalue weighted by Gasteiger charge is -2.07. The van der Waals surface area contributed by atoms with Crippen LogP contribution in [0.3, 0.4) is 0 Å². The normalized spacial score (nSPS) is 10.7. The van der Waals surface area contributed by atoms with Crippen LogP contribution in [0.4, 0.5) is 10.5 Å². The molecule has 1 radical (unpaired) electrons. The Bertz CT molecular complexity index is 432. The second kappa shape index (κ2) is 7.05. The molecule has 0 saturated heterocycles. The first-order valence-corrected chi connectivity index (χ1v) is 5.47. The molecule has 0 aliphatic heterocycles. The highest BCUT2D eigenvalue weighted by atomic mass is 35.5. The first kappa shape index (κ1) is 14.6. The molecule has 0 fully saturated rings. The van der Waals surface area contributed by atoms with Gasteiger partial charge in [-0.1, -0.05) is 29.3 Å². The third kappa shape index (κ3) is 4.79. The molecule has 0 aromatic heterocycles. The summed E-state index contributed by atoms with van der Waals surface area (Å²) >= 11 is 11.7. The minimum absolute atomic E-state index is 0.245. The van der Waals surface area contributed by atoms with Crippen LogP contribution < -0.4 is 5.32 Å². The number of halogens is 2. The number of nitrogens with one attached hydrogen (secondary N) is 1. The molecule has 0 unspecified atom stereocenters. The molecular formula is C10H10Cl2N3O3. The minimum Gasteiger partial charge on any atom is -0.377 e. The van der Waals surface area contributed by atoms with Gasteiger partial charge in [0.15, 0.2) is 0 Å². The number of rotatable bonds is 4. The van der Waals surface area contributed by atoms with E-state index in [-0.39, 0.29) is 15.7 Å². The van der Waals surface area contributed by atoms with Crippen molar-refractivity contribution in [2.45, 2.75) is 0 Å². The van der Waals surface area contributed by atoms with E-state index in [1.54, 1.807) is 32.3 Å². The van der Waals surface area contributed by atoms with Gasteiger partial charge in [0.05, 0.1) is 15.7 Å². The third-order valence-electron chi connectivity index (χ3n) is 1.58. The van der Waals surface area contributed by atoms with Gasteiger partial charge < -0.3 is 4.84 Å². The average Bonchev–Trinajstić information content (AvgIpc) is 2.29. The third-order valence-corrected chi connectivity index (χ3v) is 2.21. The smallest absolute Gasteiger partial charge is 0.377 e. The quantitative estimate of drug-likeness (QED) is 0.401. The van der Waals surface area contributed by atoms with Gasteiger partial charge in [-0.2, -0.15) is 0 Å². The molecule has 0 heterocycles. The molecule has 1 aromatic carbocycles. The van der Waals surface area contributed by atoms with Crippen molar-refractivity contribution < 1.29 is 14.5 Å². The number of carbonyl (C=O) groups is 1. The van der Waals surface area contributed by atoms with Crippen LogP contribution in [0.5, 0.6) is 0 Å². The maximum absolute atomic E-state index is 11.3. The van der Waals surface area contributed by atoms with Crippen molar-refractivity contribution in [2.75, 3.05) is 19.4 Å². The van der Waals surface area contributed by atoms with Gasteiger partial charge in [-0.25, -0.2) is 4.79 Å². The fraction of sp³-hybridized carbons (Fsp3) is 0.200. The van der Waals surface area contributed by atoms with Crippen LogP contribution in [0, 0.1) is 0 Å². The summed E-state index contributed by atoms with van der Waals surface area (Å²) < 4.78 is 0. The topological polar surface area (TPSA) is 63.2 Å². The van der Waals surface area contributed by atoms with Crippen LogP contribution >= 0.6 is 23.2 Å². The molecule has 1 N–H and O–H groups in total. The number of anilines is 1. The number of benzene rings is 1. The van der Waals surface area contributed by atoms with E-state index in [0.29, 0.717) is 0 Å². The number of hydrogen-bond acceptors (Lipinski definition) is 5. The van der Waals surface area contributed by atoms with E-state index < -0.39 is 6.09 Å². The van der Waals surface area contributed by atoms with Crippen molar-refractivity contribution in [3.8, 4) is 0 Å². The predicted molar refractivity (Wildman–Crippen MR) is 68.8 cm³/mol. The number of carbonyl (C=O) groups excluding carboxylic acids is 1. The van der Waals surface area contributed by atoms with Crippen LogP contribution in [0.25, 0.3) is 0 Å². The average molecular weight is 291 g/mol. The van der Waals surface area contributed by atoms with Crippen LogP contribution in [0.1, 0.15) is 0 Å². The monoisotopic (exact) mass is 290 g/mol. The van der Waals surface area contributed by atoms with Crippen LogP contribution in [-0.4, -0.2) is 31.7 Å². The second-order valence-electron chi connectivity index (χ2n) is 3.19. The van der Waals surface area contributed by atoms with Gasteiger partial charge in [0, 0.05) is 14.1 Å². The maximum Gasteiger partial charge on any atom is 0.438 e. The lowest BCUT2D eigenvalue weighted by molar-refractivity contribution is -0.0147. The SMILES string of the molecule is CN(C)O/[C]=N\OC(=O)Nc1c(Cl)cccc1Cl. The number of nitrogens with zero attached hydrogens (tertiary/aromatic N) is 2. The maximum atomic E-state index is 11.3. The molecule has 0 spiro atoms. The minimum atomic E-state index is -0.861. The summed E-state index contributed by atoms with van der Waals surface area (Å²) in [6.07, 6.45) is 1.17. The molecule has 1 rings (SSSR count). The molecule has 1 amide bonds. The number of para-hydroxylation sites is 1. The zero-order valence-electron chi connectivity index (χ0n) is 9.61. The molecule has 6 nitrogen and oxygen atoms in total. The Labute approximate surface area is 114 Å². The highest BCUT2D eigenvalue weighted by molar-refractivity contribution is 6.39. The molecule has 8 heteroatoms. The molecule has 0 atom stereocenters. The Hall–Kier alpha value is -1.50. The van der Waals surface area contributed by atoms with Crippen molar-refractivity contribution in [3.63, 3.8) is 0 Å². The Morgan fingerprint density at radius 1 is 1.39 bits per heavy atom. The second-order valence-corrected chi connectivity index (χ2v) is 4.00. The molecule has 0 aliphatic rings. The molecule has 0 aliphatic carbocycles. The van der Waals surface area contributed by atoms with Gasteiger partial charge in [-0.3, -0.25) is 10.2 Å². The van der Waals surface area contributed by atoms with Gasteiger partial charge in [0.1, 0.15) is 0 Å². The van der Waals surface area contributed by atoms with E-state index in [2.05, 4.69) is 20.1 Å². The summed E-state index contributed by atoms with van der Waals surface area (Å²) in [6.45, 7) is 0. The molecule has 1 aromatic rings. The van der Waals surface area contributed by atoms with E-state index in [9.17, 15) is 4.79 Å². The summed E-state index contributed by atoms with van der Waals surface area (Å²) in [4.78, 5) is 20.4. The van der Waals surface area contributed by atoms with Crippen molar-refractivity contribution >= 4 is 41.4 Å². The van der Waals surface area contributed by atoms with Gasteiger partial charge in [-0.15, -0.1) is 5.06 Å². The van der Waals surface area contributed by atoms with Crippen molar-refractivity contribution in [2.24, 2.45) is 5.16 Å². The first-order valence-electron chi connectivity index (χ1n) is 4.72. The van der Waals surface area contributed by atoms with Crippen molar-refractivity contribution in [1.29, 1.82) is 0 Å². The Morgan fingerprint density at radius 3 is 2.56 bits per heavy atom. The summed E-state index contributed by atoms with van der Waals surface area (Å²) in [5, 5.41) is 7.39. The van der Waals surface area contributed by atoms with Crippen molar-refractivity contribution in [3.05, 3.63) is 28.2 Å². The zero-order valence-corrected chi connectivity index (χ0v) is 11.1. The fourth-order valence-corrected chi connectivity index (χ4v) is 1.39. The lowest BCUT2D eigenvalue weighted by Crippen LogP contribution is -2.13. The lowest BCUT2D eigenvalue weighted by atomic mass is 10.3. The predicted octanol–water partition coefficient (Wildman–Crippen LogP) is 2.86. The van der Waals surface area contributed by atoms with Gasteiger partial charge in [-0.05, 0) is 17.3 Å². The number of hydroxylamine groups is 2. The molecule has 0 saturated carbocycles. The molecule has 0 bridgehead atoms. The van der Waals surface area contributed by atoms with Crippen LogP contribution in [0.2, 0.25) is 10.0 Å². The largest absolute Gasteiger partial charge is 0.438 e. The number of amides is 1. The van der Waals surface area contributed by atoms with Gasteiger partial charge in [0.25, 0.3) is 0 Å². The molecule has 97 valence electrons. The number of hydrogen-bond donors (Lipinski definition) is 1. The summed E-state index contributed by atoms with van der Waals surface area (Å²) in [7, 11) is 3.23. The standard InChI is InChI=1S/C10H10Cl2N3O3/c1-15(2)17-6-13-18-10(16)14-9-7(11)4-3-5-8(9)12/h3-5H,1-2H3,(H,14,16). The summed E-state index contributed by atoms with van der Waals surface area (Å²) in [5.41, 5.74) is 0.245. The highest BCUT2D eigenvalue weighted by Crippen LogP contribution is 2.29. The fourth-order valence-electron chi connectivity index (χ4n) is 0.901. The van der Waals surface area contributed by atoms with Crippen molar-refractivity contribution in [1.82, 2.24) is 5.06 Å². The highest BCUT2D eigenvalue weighted by Gasteiger charge is 2.10. The van der Waals surface area contributed by atoms with E-state index in [4.69, 9.17) is 23.2 Å². The molecular weight excluding hydrogens is 281 g/mol. The zero-order chi connectivity index (χ0) is 13.5. The summed E-state index contributed by atoms with van der Waals surface area (Å²) in [6, 6.07) is 4.80. The summed E-state index contributed by atoms with van der Waals surface area (Å²) in [5.74, 6) is 0. The first-order chi connectivity index (χ1) is 8.50. The molecule has 18 heavy (non-hydrogen) atoms. The van der Waals surface area contributed by atoms with Gasteiger partial charge >= 0.3 is 12.5 Å². The van der Waals surface area contributed by atoms with Crippen LogP contribution in [0.15, 0.2) is 23.4 Å². The van der Waals surface area contributed by atoms with Gasteiger partial charge in [0.2, 0.25) is 0 Å². The van der Waals surface area contributed by atoms with E-state index in [1.165, 1.54) is 5.06 Å². The van der Waals surface area contributed by atoms with E-state index >= 15 is 0 Å². The Kier molecular flexibility index (Phi) is 5.70. The Morgan fingerprint density at radius 2 is 2.00 bits per heavy atom. The van der Waals surface area contributed by atoms with E-state index in [0.717, 1.165) is 0 Å².